The molecule has 0 unspecified atom stereocenters. The van der Waals surface area contributed by atoms with Crippen LogP contribution in [0.5, 0.6) is 0 Å². The van der Waals surface area contributed by atoms with Crippen molar-refractivity contribution in [3.05, 3.63) is 0 Å². The number of rotatable bonds is 9. The van der Waals surface area contributed by atoms with Crippen molar-refractivity contribution in [2.24, 2.45) is 0 Å². The third kappa shape index (κ3) is 6.15. The normalized spacial score (nSPS) is 30.3. The number of hydrogen-bond acceptors (Lipinski definition) is 6. The Bertz CT molecular complexity index is 633. The van der Waals surface area contributed by atoms with E-state index in [2.05, 4.69) is 65.2 Å². The Morgan fingerprint density at radius 3 is 0.944 bits per heavy atom. The molecule has 4 heterocycles. The van der Waals surface area contributed by atoms with Gasteiger partial charge < -0.3 is 18.9 Å². The molecule has 4 aliphatic heterocycles. The molecule has 0 aromatic carbocycles. The van der Waals surface area contributed by atoms with Crippen molar-refractivity contribution >= 4 is 0 Å². The summed E-state index contributed by atoms with van der Waals surface area (Å²) in [6, 6.07) is 0. The molecule has 210 valence electrons. The van der Waals surface area contributed by atoms with E-state index < -0.39 is 0 Å². The summed E-state index contributed by atoms with van der Waals surface area (Å²) < 4.78 is 24.4. The quantitative estimate of drug-likeness (QED) is 0.350. The van der Waals surface area contributed by atoms with E-state index in [1.165, 1.54) is 38.5 Å². The van der Waals surface area contributed by atoms with E-state index in [0.29, 0.717) is 0 Å². The molecule has 4 rings (SSSR count). The van der Waals surface area contributed by atoms with Gasteiger partial charge in [0.15, 0.2) is 11.6 Å². The molecule has 4 saturated heterocycles. The number of ether oxygens (including phenoxy) is 4. The zero-order valence-corrected chi connectivity index (χ0v) is 24.8. The maximum atomic E-state index is 6.11. The van der Waals surface area contributed by atoms with Crippen molar-refractivity contribution in [2.45, 2.75) is 153 Å². The Kier molecular flexibility index (Phi) is 8.30. The molecule has 0 saturated carbocycles. The van der Waals surface area contributed by atoms with Gasteiger partial charge in [-0.05, 0) is 81.3 Å². The number of nitrogens with zero attached hydrogens (tertiary/aromatic N) is 2. The molecule has 0 aromatic heterocycles. The minimum Gasteiger partial charge on any atom is -0.347 e. The highest BCUT2D eigenvalue weighted by Gasteiger charge is 2.56. The molecular formula is C30H56N2O4. The van der Waals surface area contributed by atoms with Gasteiger partial charge >= 0.3 is 0 Å². The maximum Gasteiger partial charge on any atom is 0.171 e. The highest BCUT2D eigenvalue weighted by atomic mass is 16.7. The number of piperidine rings is 2. The van der Waals surface area contributed by atoms with Gasteiger partial charge in [0.25, 0.3) is 0 Å². The smallest absolute Gasteiger partial charge is 0.171 e. The summed E-state index contributed by atoms with van der Waals surface area (Å²) in [7, 11) is 0. The van der Waals surface area contributed by atoms with Crippen LogP contribution in [-0.4, -0.2) is 83.0 Å². The maximum absolute atomic E-state index is 6.11. The summed E-state index contributed by atoms with van der Waals surface area (Å²) in [5, 5.41) is 0. The van der Waals surface area contributed by atoms with Crippen LogP contribution in [0.25, 0.3) is 0 Å². The Morgan fingerprint density at radius 2 is 0.667 bits per heavy atom. The first-order valence-electron chi connectivity index (χ1n) is 14.8. The monoisotopic (exact) mass is 508 g/mol. The highest BCUT2D eigenvalue weighted by molar-refractivity contribution is 5.06. The van der Waals surface area contributed by atoms with Gasteiger partial charge in [-0.2, -0.15) is 0 Å². The molecule has 0 aliphatic carbocycles. The summed E-state index contributed by atoms with van der Waals surface area (Å²) in [6.07, 6.45) is 11.7. The van der Waals surface area contributed by atoms with Crippen LogP contribution in [0.15, 0.2) is 0 Å². The Balaban J connectivity index is 1.16. The van der Waals surface area contributed by atoms with Crippen molar-refractivity contribution in [3.63, 3.8) is 0 Å². The minimum atomic E-state index is -0.362. The second kappa shape index (κ2) is 10.4. The number of likely N-dealkylation sites (tertiary alicyclic amines) is 2. The molecule has 6 heteroatoms. The van der Waals surface area contributed by atoms with Crippen LogP contribution in [-0.2, 0) is 18.9 Å². The summed E-state index contributed by atoms with van der Waals surface area (Å²) in [4.78, 5) is 5.45. The van der Waals surface area contributed by atoms with Crippen LogP contribution in [0.3, 0.4) is 0 Å². The largest absolute Gasteiger partial charge is 0.347 e. The van der Waals surface area contributed by atoms with Crippen LogP contribution in [0.2, 0.25) is 0 Å². The standard InChI is InChI=1S/C30H56N2O4/c1-25(2)21-29(33-17-18-34-29)22-26(3,4)31(25)15-13-11-9-10-12-14-16-32-27(5,6)23-30(24-28(32,7)8)35-19-20-36-30/h9-24H2,1-8H3. The van der Waals surface area contributed by atoms with Gasteiger partial charge in [0.1, 0.15) is 0 Å². The predicted octanol–water partition coefficient (Wildman–Crippen LogP) is 6.12. The zero-order chi connectivity index (χ0) is 26.3. The van der Waals surface area contributed by atoms with E-state index in [1.54, 1.807) is 0 Å². The first-order chi connectivity index (χ1) is 16.7. The van der Waals surface area contributed by atoms with E-state index >= 15 is 0 Å². The molecule has 2 spiro atoms. The summed E-state index contributed by atoms with van der Waals surface area (Å²) in [5.74, 6) is -0.725. The predicted molar refractivity (Wildman–Crippen MR) is 145 cm³/mol. The molecule has 0 radical (unpaired) electrons. The lowest BCUT2D eigenvalue weighted by Gasteiger charge is -2.57. The molecule has 6 nitrogen and oxygen atoms in total. The molecule has 36 heavy (non-hydrogen) atoms. The molecule has 0 atom stereocenters. The fourth-order valence-electron chi connectivity index (χ4n) is 8.64. The SMILES string of the molecule is CC1(C)CC2(CC(C)(C)N1CCCCCCCCN1C(C)(C)CC3(CC1(C)C)OCCO3)OCCO2. The lowest BCUT2D eigenvalue weighted by Crippen LogP contribution is -2.65. The zero-order valence-electron chi connectivity index (χ0n) is 24.8. The average Bonchev–Trinajstić information content (AvgIpc) is 3.34. The van der Waals surface area contributed by atoms with Gasteiger partial charge in [-0.3, -0.25) is 9.80 Å². The van der Waals surface area contributed by atoms with Crippen molar-refractivity contribution in [2.75, 3.05) is 39.5 Å². The first-order valence-corrected chi connectivity index (χ1v) is 14.8. The topological polar surface area (TPSA) is 43.4 Å². The van der Waals surface area contributed by atoms with Crippen LogP contribution in [0.1, 0.15) is 120 Å². The van der Waals surface area contributed by atoms with E-state index in [4.69, 9.17) is 18.9 Å². The first kappa shape index (κ1) is 28.8. The van der Waals surface area contributed by atoms with E-state index in [9.17, 15) is 0 Å². The highest BCUT2D eigenvalue weighted by Crippen LogP contribution is 2.48. The third-order valence-corrected chi connectivity index (χ3v) is 9.37. The summed E-state index contributed by atoms with van der Waals surface area (Å²) in [6.45, 7) is 24.3. The van der Waals surface area contributed by atoms with Gasteiger partial charge in [-0.25, -0.2) is 0 Å². The van der Waals surface area contributed by atoms with Gasteiger partial charge in [-0.15, -0.1) is 0 Å². The third-order valence-electron chi connectivity index (χ3n) is 9.37. The molecule has 4 fully saturated rings. The Hall–Kier alpha value is -0.240. The minimum absolute atomic E-state index is 0.0906. The van der Waals surface area contributed by atoms with E-state index in [0.717, 1.165) is 65.2 Å². The average molecular weight is 509 g/mol. The van der Waals surface area contributed by atoms with Crippen molar-refractivity contribution in [3.8, 4) is 0 Å². The fraction of sp³-hybridized carbons (Fsp3) is 1.00. The summed E-state index contributed by atoms with van der Waals surface area (Å²) in [5.41, 5.74) is 0.362. The summed E-state index contributed by atoms with van der Waals surface area (Å²) >= 11 is 0. The molecule has 0 bridgehead atoms. The molecular weight excluding hydrogens is 452 g/mol. The van der Waals surface area contributed by atoms with E-state index in [-0.39, 0.29) is 33.7 Å². The number of unbranched alkanes of at least 4 members (excludes halogenated alkanes) is 5. The second-order valence-corrected chi connectivity index (χ2v) is 14.6. The second-order valence-electron chi connectivity index (χ2n) is 14.6. The van der Waals surface area contributed by atoms with Crippen LogP contribution < -0.4 is 0 Å². The fourth-order valence-corrected chi connectivity index (χ4v) is 8.64. The van der Waals surface area contributed by atoms with Crippen molar-refractivity contribution < 1.29 is 18.9 Å². The number of hydrogen-bond donors (Lipinski definition) is 0. The Morgan fingerprint density at radius 1 is 0.417 bits per heavy atom. The van der Waals surface area contributed by atoms with Crippen LogP contribution in [0, 0.1) is 0 Å². The molecule has 0 amide bonds. The lowest BCUT2D eigenvalue weighted by molar-refractivity contribution is -0.239. The van der Waals surface area contributed by atoms with Crippen LogP contribution in [0.4, 0.5) is 0 Å². The lowest BCUT2D eigenvalue weighted by atomic mass is 9.75. The van der Waals surface area contributed by atoms with Crippen molar-refractivity contribution in [1.82, 2.24) is 9.80 Å². The molecule has 4 aliphatic rings. The van der Waals surface area contributed by atoms with Gasteiger partial charge in [0.05, 0.1) is 26.4 Å². The van der Waals surface area contributed by atoms with Gasteiger partial charge in [-0.1, -0.05) is 25.7 Å². The Labute approximate surface area is 221 Å². The van der Waals surface area contributed by atoms with E-state index in [1.807, 2.05) is 0 Å². The van der Waals surface area contributed by atoms with Gasteiger partial charge in [0.2, 0.25) is 0 Å². The van der Waals surface area contributed by atoms with Crippen LogP contribution >= 0.6 is 0 Å². The molecule has 0 aromatic rings. The molecule has 0 N–H and O–H groups in total. The van der Waals surface area contributed by atoms with Gasteiger partial charge in [0, 0.05) is 47.8 Å². The van der Waals surface area contributed by atoms with Crippen molar-refractivity contribution in [1.29, 1.82) is 0 Å².